The lowest BCUT2D eigenvalue weighted by atomic mass is 9.95. The molecule has 1 aromatic rings. The summed E-state index contributed by atoms with van der Waals surface area (Å²) in [5.41, 5.74) is 0.870. The molecule has 0 radical (unpaired) electrons. The van der Waals surface area contributed by atoms with Crippen LogP contribution in [0, 0.1) is 22.7 Å². The van der Waals surface area contributed by atoms with Crippen molar-refractivity contribution in [3.05, 3.63) is 35.4 Å². The summed E-state index contributed by atoms with van der Waals surface area (Å²) in [5.74, 6) is -3.39. The van der Waals surface area contributed by atoms with Gasteiger partial charge in [0.1, 0.15) is 0 Å². The Hall–Kier alpha value is -2.86. The van der Waals surface area contributed by atoms with E-state index < -0.39 is 23.8 Å². The Morgan fingerprint density at radius 2 is 1.20 bits per heavy atom. The molecule has 1 aromatic carbocycles. The van der Waals surface area contributed by atoms with Gasteiger partial charge in [0.25, 0.3) is 0 Å². The van der Waals surface area contributed by atoms with Crippen LogP contribution >= 0.6 is 0 Å². The van der Waals surface area contributed by atoms with Gasteiger partial charge in [-0.15, -0.1) is 0 Å². The van der Waals surface area contributed by atoms with Crippen molar-refractivity contribution in [3.63, 3.8) is 0 Å². The van der Waals surface area contributed by atoms with Gasteiger partial charge in [0.05, 0.1) is 26.4 Å². The van der Waals surface area contributed by atoms with Crippen molar-refractivity contribution in [2.24, 2.45) is 0 Å². The van der Waals surface area contributed by atoms with E-state index in [0.717, 1.165) is 0 Å². The predicted octanol–water partition coefficient (Wildman–Crippen LogP) is 1.25. The largest absolute Gasteiger partial charge is 0.468 e. The predicted molar refractivity (Wildman–Crippen MR) is 67.2 cm³/mol. The molecule has 0 unspecified atom stereocenters. The maximum Gasteiger partial charge on any atom is 0.327 e. The van der Waals surface area contributed by atoms with Crippen LogP contribution in [0.5, 0.6) is 0 Å². The van der Waals surface area contributed by atoms with Gasteiger partial charge >= 0.3 is 11.9 Å². The topological polar surface area (TPSA) is 100 Å². The molecule has 0 N–H and O–H groups in total. The fraction of sp³-hybridized carbons (Fsp3) is 0.286. The molecule has 0 heterocycles. The number of carbonyl (C=O) groups is 2. The highest BCUT2D eigenvalue weighted by atomic mass is 16.5. The van der Waals surface area contributed by atoms with E-state index in [1.807, 2.05) is 12.1 Å². The number of esters is 2. The zero-order valence-electron chi connectivity index (χ0n) is 11.0. The molecule has 6 heteroatoms. The van der Waals surface area contributed by atoms with Gasteiger partial charge in [-0.1, -0.05) is 24.3 Å². The van der Waals surface area contributed by atoms with Gasteiger partial charge in [-0.2, -0.15) is 10.5 Å². The van der Waals surface area contributed by atoms with Gasteiger partial charge in [-0.3, -0.25) is 9.59 Å². The van der Waals surface area contributed by atoms with Crippen molar-refractivity contribution < 1.29 is 19.1 Å². The molecule has 0 fully saturated rings. The lowest BCUT2D eigenvalue weighted by Crippen LogP contribution is -2.14. The number of hydrogen-bond donors (Lipinski definition) is 0. The van der Waals surface area contributed by atoms with Crippen molar-refractivity contribution in [3.8, 4) is 12.1 Å². The highest BCUT2D eigenvalue weighted by Crippen LogP contribution is 2.21. The van der Waals surface area contributed by atoms with Crippen molar-refractivity contribution in [2.45, 2.75) is 11.8 Å². The molecule has 0 aliphatic carbocycles. The van der Waals surface area contributed by atoms with Crippen LogP contribution in [0.15, 0.2) is 24.3 Å². The SMILES string of the molecule is COC(=O)[C@H](C#N)c1ccc([C@@H](C#N)C(=O)OC)cc1. The third kappa shape index (κ3) is 3.12. The van der Waals surface area contributed by atoms with Gasteiger partial charge in [0.15, 0.2) is 11.8 Å². The lowest BCUT2D eigenvalue weighted by molar-refractivity contribution is -0.141. The fourth-order valence-corrected chi connectivity index (χ4v) is 1.64. The van der Waals surface area contributed by atoms with Crippen LogP contribution < -0.4 is 0 Å². The van der Waals surface area contributed by atoms with Crippen LogP contribution in [0.25, 0.3) is 0 Å². The average Bonchev–Trinajstić information content (AvgIpc) is 2.49. The number of nitrogens with zero attached hydrogens (tertiary/aromatic N) is 2. The molecule has 0 spiro atoms. The number of ether oxygens (including phenoxy) is 2. The van der Waals surface area contributed by atoms with Crippen LogP contribution in [-0.2, 0) is 19.1 Å². The Balaban J connectivity index is 3.05. The maximum absolute atomic E-state index is 11.4. The standard InChI is InChI=1S/C14H12N2O4/c1-19-13(17)11(7-15)9-3-5-10(6-4-9)12(8-16)14(18)20-2/h3-6,11-12H,1-2H3/t11-,12-/m1/s1. The summed E-state index contributed by atoms with van der Waals surface area (Å²) < 4.78 is 9.05. The molecular weight excluding hydrogens is 260 g/mol. The minimum Gasteiger partial charge on any atom is -0.468 e. The summed E-state index contributed by atoms with van der Waals surface area (Å²) in [6, 6.07) is 9.70. The Labute approximate surface area is 116 Å². The van der Waals surface area contributed by atoms with Crippen molar-refractivity contribution in [1.82, 2.24) is 0 Å². The quantitative estimate of drug-likeness (QED) is 0.764. The van der Waals surface area contributed by atoms with E-state index in [4.69, 9.17) is 10.5 Å². The third-order valence-corrected chi connectivity index (χ3v) is 2.74. The van der Waals surface area contributed by atoms with E-state index in [1.54, 1.807) is 0 Å². The summed E-state index contributed by atoms with van der Waals surface area (Å²) >= 11 is 0. The fourth-order valence-electron chi connectivity index (χ4n) is 1.64. The second-order valence-electron chi connectivity index (χ2n) is 3.84. The second kappa shape index (κ2) is 6.91. The summed E-state index contributed by atoms with van der Waals surface area (Å²) in [6.07, 6.45) is 0. The smallest absolute Gasteiger partial charge is 0.327 e. The Morgan fingerprint density at radius 1 is 0.900 bits per heavy atom. The Morgan fingerprint density at radius 3 is 1.40 bits per heavy atom. The first-order valence-electron chi connectivity index (χ1n) is 5.63. The summed E-state index contributed by atoms with van der Waals surface area (Å²) in [7, 11) is 2.40. The van der Waals surface area contributed by atoms with E-state index in [0.29, 0.717) is 11.1 Å². The summed E-state index contributed by atoms with van der Waals surface area (Å²) in [4.78, 5) is 22.8. The molecule has 0 aliphatic heterocycles. The molecule has 0 aromatic heterocycles. The Bertz CT molecular complexity index is 528. The first-order chi connectivity index (χ1) is 9.58. The number of methoxy groups -OCH3 is 2. The van der Waals surface area contributed by atoms with Gasteiger partial charge < -0.3 is 9.47 Å². The highest BCUT2D eigenvalue weighted by Gasteiger charge is 2.23. The number of nitriles is 2. The molecule has 0 aliphatic rings. The lowest BCUT2D eigenvalue weighted by Gasteiger charge is -2.10. The minimum absolute atomic E-state index is 0.435. The van der Waals surface area contributed by atoms with Crippen LogP contribution in [0.1, 0.15) is 23.0 Å². The number of benzene rings is 1. The van der Waals surface area contributed by atoms with Gasteiger partial charge in [-0.05, 0) is 11.1 Å². The van der Waals surface area contributed by atoms with E-state index in [9.17, 15) is 9.59 Å². The normalized spacial score (nSPS) is 12.4. The van der Waals surface area contributed by atoms with Crippen LogP contribution in [-0.4, -0.2) is 26.2 Å². The average molecular weight is 272 g/mol. The zero-order valence-corrected chi connectivity index (χ0v) is 11.0. The molecule has 0 saturated carbocycles. The molecule has 0 saturated heterocycles. The molecule has 6 nitrogen and oxygen atoms in total. The van der Waals surface area contributed by atoms with Crippen LogP contribution in [0.4, 0.5) is 0 Å². The third-order valence-electron chi connectivity index (χ3n) is 2.74. The van der Waals surface area contributed by atoms with E-state index in [-0.39, 0.29) is 0 Å². The number of hydrogen-bond acceptors (Lipinski definition) is 6. The summed E-state index contributed by atoms with van der Waals surface area (Å²) in [5, 5.41) is 17.9. The molecule has 2 atom stereocenters. The Kier molecular flexibility index (Phi) is 5.25. The molecule has 20 heavy (non-hydrogen) atoms. The van der Waals surface area contributed by atoms with E-state index in [1.165, 1.54) is 38.5 Å². The number of rotatable bonds is 4. The van der Waals surface area contributed by atoms with Crippen LogP contribution in [0.3, 0.4) is 0 Å². The molecular formula is C14H12N2O4. The number of carbonyl (C=O) groups excluding carboxylic acids is 2. The first kappa shape index (κ1) is 15.2. The van der Waals surface area contributed by atoms with Crippen LogP contribution in [0.2, 0.25) is 0 Å². The molecule has 0 amide bonds. The van der Waals surface area contributed by atoms with Crippen molar-refractivity contribution in [1.29, 1.82) is 10.5 Å². The molecule has 1 rings (SSSR count). The first-order valence-corrected chi connectivity index (χ1v) is 5.63. The van der Waals surface area contributed by atoms with Gasteiger partial charge in [0.2, 0.25) is 0 Å². The second-order valence-corrected chi connectivity index (χ2v) is 3.84. The van der Waals surface area contributed by atoms with E-state index in [2.05, 4.69) is 9.47 Å². The van der Waals surface area contributed by atoms with Gasteiger partial charge in [0, 0.05) is 0 Å². The molecule has 0 bridgehead atoms. The monoisotopic (exact) mass is 272 g/mol. The summed E-state index contributed by atoms with van der Waals surface area (Å²) in [6.45, 7) is 0. The van der Waals surface area contributed by atoms with Gasteiger partial charge in [-0.25, -0.2) is 0 Å². The molecule has 102 valence electrons. The van der Waals surface area contributed by atoms with E-state index >= 15 is 0 Å². The van der Waals surface area contributed by atoms with Crippen molar-refractivity contribution in [2.75, 3.05) is 14.2 Å². The minimum atomic E-state index is -1.03. The highest BCUT2D eigenvalue weighted by molar-refractivity contribution is 5.82. The maximum atomic E-state index is 11.4. The van der Waals surface area contributed by atoms with Crippen molar-refractivity contribution >= 4 is 11.9 Å². The zero-order chi connectivity index (χ0) is 15.1.